The van der Waals surface area contributed by atoms with E-state index in [1.165, 1.54) is 16.7 Å². The molecule has 14 heteroatoms. The van der Waals surface area contributed by atoms with Crippen molar-refractivity contribution in [3.63, 3.8) is 0 Å². The first kappa shape index (κ1) is 34.9. The number of para-hydroxylation sites is 1. The second-order valence-corrected chi connectivity index (χ2v) is 12.2. The number of rotatable bonds is 10. The van der Waals surface area contributed by atoms with Crippen LogP contribution in [0.25, 0.3) is 0 Å². The minimum atomic E-state index is -4.63. The maximum atomic E-state index is 13.8. The van der Waals surface area contributed by atoms with Crippen LogP contribution in [-0.2, 0) is 20.5 Å². The van der Waals surface area contributed by atoms with Crippen LogP contribution >= 0.6 is 11.6 Å². The van der Waals surface area contributed by atoms with Crippen molar-refractivity contribution in [1.82, 2.24) is 15.2 Å². The van der Waals surface area contributed by atoms with Gasteiger partial charge in [-0.15, -0.1) is 0 Å². The number of carbonyl (C=O) groups excluding carboxylic acids is 3. The lowest BCUT2D eigenvalue weighted by atomic mass is 10.1. The van der Waals surface area contributed by atoms with Crippen LogP contribution in [0.5, 0.6) is 0 Å². The zero-order chi connectivity index (χ0) is 33.0. The van der Waals surface area contributed by atoms with Gasteiger partial charge in [-0.25, -0.2) is 9.78 Å². The first-order valence-electron chi connectivity index (χ1n) is 14.2. The third-order valence-corrected chi connectivity index (χ3v) is 7.31. The van der Waals surface area contributed by atoms with Gasteiger partial charge in [0.2, 0.25) is 11.8 Å². The molecular formula is C30H40ClF3N6O4. The van der Waals surface area contributed by atoms with Crippen LogP contribution in [0.3, 0.4) is 0 Å². The van der Waals surface area contributed by atoms with Gasteiger partial charge in [-0.05, 0) is 58.4 Å². The summed E-state index contributed by atoms with van der Waals surface area (Å²) in [7, 11) is 5.02. The monoisotopic (exact) mass is 640 g/mol. The van der Waals surface area contributed by atoms with Crippen molar-refractivity contribution in [2.45, 2.75) is 58.4 Å². The Morgan fingerprint density at radius 2 is 1.77 bits per heavy atom. The van der Waals surface area contributed by atoms with Crippen LogP contribution in [0, 0.1) is 6.92 Å². The van der Waals surface area contributed by atoms with Gasteiger partial charge < -0.3 is 24.8 Å². The average Bonchev–Trinajstić information content (AvgIpc) is 3.31. The number of benzene rings is 1. The first-order valence-corrected chi connectivity index (χ1v) is 14.6. The normalized spacial score (nSPS) is 15.4. The number of ether oxygens (including phenoxy) is 1. The molecule has 1 aromatic heterocycles. The summed E-state index contributed by atoms with van der Waals surface area (Å²) in [4.78, 5) is 48.7. The van der Waals surface area contributed by atoms with Crippen molar-refractivity contribution in [3.05, 3.63) is 46.6 Å². The minimum absolute atomic E-state index is 0.00168. The summed E-state index contributed by atoms with van der Waals surface area (Å²) in [5.74, 6) is -1.17. The summed E-state index contributed by atoms with van der Waals surface area (Å²) in [6.45, 7) is 8.80. The molecule has 242 valence electrons. The number of nitrogens with one attached hydrogen (secondary N) is 1. The predicted octanol–water partition coefficient (Wildman–Crippen LogP) is 5.11. The molecule has 1 N–H and O–H groups in total. The molecule has 1 aliphatic rings. The Labute approximate surface area is 261 Å². The quantitative estimate of drug-likeness (QED) is 0.360. The van der Waals surface area contributed by atoms with Gasteiger partial charge in [0.15, 0.2) is 0 Å². The van der Waals surface area contributed by atoms with E-state index in [-0.39, 0.29) is 24.4 Å². The summed E-state index contributed by atoms with van der Waals surface area (Å²) in [5.41, 5.74) is -0.396. The molecule has 0 radical (unpaired) electrons. The molecule has 3 rings (SSSR count). The van der Waals surface area contributed by atoms with E-state index in [2.05, 4.69) is 10.3 Å². The molecule has 1 saturated heterocycles. The highest BCUT2D eigenvalue weighted by molar-refractivity contribution is 6.34. The predicted molar refractivity (Wildman–Crippen MR) is 164 cm³/mol. The molecule has 1 aliphatic heterocycles. The van der Waals surface area contributed by atoms with Crippen LogP contribution in [0.4, 0.5) is 35.2 Å². The zero-order valence-electron chi connectivity index (χ0n) is 26.1. The van der Waals surface area contributed by atoms with Gasteiger partial charge in [-0.3, -0.25) is 14.5 Å². The number of hydrogen-bond donors (Lipinski definition) is 1. The first-order chi connectivity index (χ1) is 20.4. The number of nitrogens with zero attached hydrogens (tertiary/aromatic N) is 5. The van der Waals surface area contributed by atoms with Crippen LogP contribution in [0.2, 0.25) is 5.02 Å². The van der Waals surface area contributed by atoms with Crippen molar-refractivity contribution >= 4 is 46.7 Å². The molecule has 0 aliphatic carbocycles. The molecule has 2 heterocycles. The largest absolute Gasteiger partial charge is 0.444 e. The van der Waals surface area contributed by atoms with Gasteiger partial charge in [-0.1, -0.05) is 17.7 Å². The van der Waals surface area contributed by atoms with E-state index < -0.39 is 41.3 Å². The number of halogens is 4. The lowest BCUT2D eigenvalue weighted by Gasteiger charge is -2.31. The minimum Gasteiger partial charge on any atom is -0.444 e. The maximum Gasteiger partial charge on any atom is 0.416 e. The molecule has 1 fully saturated rings. The van der Waals surface area contributed by atoms with Gasteiger partial charge in [0.1, 0.15) is 17.5 Å². The van der Waals surface area contributed by atoms with E-state index in [1.54, 1.807) is 53.1 Å². The number of alkyl halides is 3. The summed E-state index contributed by atoms with van der Waals surface area (Å²) >= 11 is 6.59. The van der Waals surface area contributed by atoms with E-state index >= 15 is 0 Å². The number of aryl methyl sites for hydroxylation is 1. The van der Waals surface area contributed by atoms with Crippen LogP contribution in [-0.4, -0.2) is 86.8 Å². The van der Waals surface area contributed by atoms with Crippen molar-refractivity contribution in [3.8, 4) is 0 Å². The Balaban J connectivity index is 1.71. The SMILES string of the molecule is Cc1cc(C(F)(F)F)cc(N2C(=O)CC[C@H]2C(=O)N(C)c2cccc(Cl)c2N(C)CCNCCN(C)C(=O)OC(C)(C)C)n1. The van der Waals surface area contributed by atoms with Crippen molar-refractivity contribution in [2.24, 2.45) is 0 Å². The number of amides is 3. The molecule has 2 aromatic rings. The number of pyridine rings is 1. The lowest BCUT2D eigenvalue weighted by Crippen LogP contribution is -2.46. The second-order valence-electron chi connectivity index (χ2n) is 11.7. The fourth-order valence-corrected chi connectivity index (χ4v) is 5.11. The summed E-state index contributed by atoms with van der Waals surface area (Å²) in [6.07, 6.45) is -4.92. The molecule has 1 aromatic carbocycles. The van der Waals surface area contributed by atoms with Crippen molar-refractivity contribution < 1.29 is 32.3 Å². The van der Waals surface area contributed by atoms with Gasteiger partial charge in [0, 0.05) is 59.4 Å². The fraction of sp³-hybridized carbons (Fsp3) is 0.533. The maximum absolute atomic E-state index is 13.8. The van der Waals surface area contributed by atoms with Crippen molar-refractivity contribution in [1.29, 1.82) is 0 Å². The molecule has 0 bridgehead atoms. The summed E-state index contributed by atoms with van der Waals surface area (Å²) in [5, 5.41) is 3.67. The summed E-state index contributed by atoms with van der Waals surface area (Å²) < 4.78 is 45.8. The topological polar surface area (TPSA) is 98.3 Å². The molecule has 3 amide bonds. The van der Waals surface area contributed by atoms with Gasteiger partial charge >= 0.3 is 12.3 Å². The fourth-order valence-electron chi connectivity index (χ4n) is 4.80. The van der Waals surface area contributed by atoms with E-state index in [1.807, 2.05) is 11.9 Å². The molecule has 1 atom stereocenters. The molecule has 0 saturated carbocycles. The van der Waals surface area contributed by atoms with E-state index in [0.717, 1.165) is 17.0 Å². The van der Waals surface area contributed by atoms with E-state index in [9.17, 15) is 27.6 Å². The molecule has 44 heavy (non-hydrogen) atoms. The van der Waals surface area contributed by atoms with Crippen molar-refractivity contribution in [2.75, 3.05) is 62.0 Å². The zero-order valence-corrected chi connectivity index (χ0v) is 26.8. The van der Waals surface area contributed by atoms with E-state index in [0.29, 0.717) is 42.6 Å². The van der Waals surface area contributed by atoms with E-state index in [4.69, 9.17) is 16.3 Å². The highest BCUT2D eigenvalue weighted by atomic mass is 35.5. The molecule has 0 unspecified atom stereocenters. The van der Waals surface area contributed by atoms with Crippen LogP contribution < -0.4 is 20.0 Å². The highest BCUT2D eigenvalue weighted by Gasteiger charge is 2.41. The number of anilines is 3. The number of hydrogen-bond acceptors (Lipinski definition) is 7. The Kier molecular flexibility index (Phi) is 11.1. The number of likely N-dealkylation sites (N-methyl/N-ethyl adjacent to an activating group) is 3. The Morgan fingerprint density at radius 3 is 2.41 bits per heavy atom. The standard InChI is InChI=1S/C30H40ClF3N6O4/c1-19-17-20(30(32,33)34)18-24(36-19)40-23(11-12-25(40)41)27(42)39(7)22-10-8-9-21(31)26(22)37(5)15-13-35-14-16-38(6)28(43)44-29(2,3)4/h8-10,17-18,23,35H,11-16H2,1-7H3/t23-/m0/s1. The number of aromatic nitrogens is 1. The summed E-state index contributed by atoms with van der Waals surface area (Å²) in [6, 6.07) is 5.76. The third-order valence-electron chi connectivity index (χ3n) is 7.00. The van der Waals surface area contributed by atoms with Gasteiger partial charge in [0.05, 0.1) is 22.0 Å². The van der Waals surface area contributed by atoms with Gasteiger partial charge in [0.25, 0.3) is 0 Å². The van der Waals surface area contributed by atoms with Crippen LogP contribution in [0.1, 0.15) is 44.9 Å². The Bertz CT molecular complexity index is 1370. The highest BCUT2D eigenvalue weighted by Crippen LogP contribution is 2.38. The second kappa shape index (κ2) is 14.0. The van der Waals surface area contributed by atoms with Gasteiger partial charge in [-0.2, -0.15) is 13.2 Å². The van der Waals surface area contributed by atoms with Crippen LogP contribution in [0.15, 0.2) is 30.3 Å². The molecule has 0 spiro atoms. The molecule has 10 nitrogen and oxygen atoms in total. The third kappa shape index (κ3) is 8.75. The average molecular weight is 641 g/mol. The smallest absolute Gasteiger partial charge is 0.416 e. The molecular weight excluding hydrogens is 601 g/mol. The lowest BCUT2D eigenvalue weighted by molar-refractivity contribution is -0.137. The number of carbonyl (C=O) groups is 3. The Hall–Kier alpha value is -3.58. The Morgan fingerprint density at radius 1 is 1.11 bits per heavy atom.